The van der Waals surface area contributed by atoms with Crippen LogP contribution in [0.2, 0.25) is 0 Å². The molecule has 0 spiro atoms. The first-order chi connectivity index (χ1) is 8.99. The van der Waals surface area contributed by atoms with Gasteiger partial charge in [0.25, 0.3) is 0 Å². The third-order valence-corrected chi connectivity index (χ3v) is 2.69. The molecule has 1 heterocycles. The van der Waals surface area contributed by atoms with Gasteiger partial charge in [-0.15, -0.1) is 0 Å². The molecule has 0 unspecified atom stereocenters. The van der Waals surface area contributed by atoms with Crippen molar-refractivity contribution in [3.63, 3.8) is 0 Å². The second-order valence-electron chi connectivity index (χ2n) is 4.46. The van der Waals surface area contributed by atoms with Gasteiger partial charge in [-0.05, 0) is 32.0 Å². The Kier molecular flexibility index (Phi) is 3.78. The van der Waals surface area contributed by atoms with Crippen LogP contribution in [0, 0.1) is 17.5 Å². The average molecular weight is 269 g/mol. The molecule has 0 amide bonds. The molecule has 0 fully saturated rings. The van der Waals surface area contributed by atoms with E-state index in [4.69, 9.17) is 0 Å². The van der Waals surface area contributed by atoms with Crippen molar-refractivity contribution in [1.29, 1.82) is 0 Å². The molecule has 1 N–H and O–H groups in total. The van der Waals surface area contributed by atoms with Gasteiger partial charge in [-0.25, -0.2) is 13.2 Å². The van der Waals surface area contributed by atoms with Crippen LogP contribution in [0.5, 0.6) is 0 Å². The van der Waals surface area contributed by atoms with E-state index in [1.165, 1.54) is 0 Å². The standard InChI is InChI=1S/C13H14F3N3/c1-8(2)19-6-5-9(18-19)7-17-11-4-3-10(14)12(15)13(11)16/h3-6,8,17H,7H2,1-2H3. The van der Waals surface area contributed by atoms with Crippen molar-refractivity contribution in [2.45, 2.75) is 26.4 Å². The summed E-state index contributed by atoms with van der Waals surface area (Å²) in [5, 5.41) is 6.95. The Labute approximate surface area is 109 Å². The number of aromatic nitrogens is 2. The zero-order chi connectivity index (χ0) is 14.0. The summed E-state index contributed by atoms with van der Waals surface area (Å²) in [5.41, 5.74) is 0.607. The summed E-state index contributed by atoms with van der Waals surface area (Å²) in [6.45, 7) is 4.21. The molecule has 0 saturated heterocycles. The summed E-state index contributed by atoms with van der Waals surface area (Å²) in [7, 11) is 0. The first-order valence-electron chi connectivity index (χ1n) is 5.90. The molecule has 1 aromatic carbocycles. The largest absolute Gasteiger partial charge is 0.377 e. The second-order valence-corrected chi connectivity index (χ2v) is 4.46. The Balaban J connectivity index is 2.08. The third-order valence-electron chi connectivity index (χ3n) is 2.69. The topological polar surface area (TPSA) is 29.9 Å². The van der Waals surface area contributed by atoms with E-state index in [2.05, 4.69) is 10.4 Å². The maximum atomic E-state index is 13.4. The number of nitrogens with zero attached hydrogens (tertiary/aromatic N) is 2. The van der Waals surface area contributed by atoms with Crippen molar-refractivity contribution < 1.29 is 13.2 Å². The Morgan fingerprint density at radius 2 is 1.89 bits per heavy atom. The number of halogens is 3. The fraction of sp³-hybridized carbons (Fsp3) is 0.308. The van der Waals surface area contributed by atoms with Crippen molar-refractivity contribution in [3.8, 4) is 0 Å². The van der Waals surface area contributed by atoms with E-state index in [1.54, 1.807) is 10.7 Å². The molecular weight excluding hydrogens is 255 g/mol. The van der Waals surface area contributed by atoms with Crippen LogP contribution in [-0.2, 0) is 6.54 Å². The van der Waals surface area contributed by atoms with Crippen molar-refractivity contribution in [1.82, 2.24) is 9.78 Å². The monoisotopic (exact) mass is 269 g/mol. The number of benzene rings is 1. The van der Waals surface area contributed by atoms with Gasteiger partial charge >= 0.3 is 0 Å². The number of anilines is 1. The lowest BCUT2D eigenvalue weighted by molar-refractivity contribution is 0.449. The Hall–Kier alpha value is -1.98. The van der Waals surface area contributed by atoms with Crippen LogP contribution in [0.25, 0.3) is 0 Å². The second kappa shape index (κ2) is 5.34. The number of hydrogen-bond acceptors (Lipinski definition) is 2. The normalized spacial score (nSPS) is 11.1. The van der Waals surface area contributed by atoms with Gasteiger partial charge in [0.05, 0.1) is 17.9 Å². The fourth-order valence-corrected chi connectivity index (χ4v) is 1.61. The van der Waals surface area contributed by atoms with Gasteiger partial charge in [0.1, 0.15) is 0 Å². The minimum Gasteiger partial charge on any atom is -0.377 e. The molecule has 1 aromatic heterocycles. The number of nitrogens with one attached hydrogen (secondary N) is 1. The van der Waals surface area contributed by atoms with Crippen LogP contribution in [-0.4, -0.2) is 9.78 Å². The predicted octanol–water partition coefficient (Wildman–Crippen LogP) is 3.49. The van der Waals surface area contributed by atoms with Gasteiger partial charge in [-0.3, -0.25) is 4.68 Å². The summed E-state index contributed by atoms with van der Waals surface area (Å²) in [5.74, 6) is -3.90. The highest BCUT2D eigenvalue weighted by Crippen LogP contribution is 2.20. The van der Waals surface area contributed by atoms with E-state index in [0.29, 0.717) is 5.69 Å². The number of hydrogen-bond donors (Lipinski definition) is 1. The molecule has 0 aliphatic carbocycles. The van der Waals surface area contributed by atoms with Crippen LogP contribution in [0.15, 0.2) is 24.4 Å². The third kappa shape index (κ3) is 2.89. The van der Waals surface area contributed by atoms with E-state index in [1.807, 2.05) is 20.0 Å². The predicted molar refractivity (Wildman–Crippen MR) is 66.3 cm³/mol. The van der Waals surface area contributed by atoms with E-state index < -0.39 is 17.5 Å². The van der Waals surface area contributed by atoms with Crippen molar-refractivity contribution in [3.05, 3.63) is 47.5 Å². The molecular formula is C13H14F3N3. The fourth-order valence-electron chi connectivity index (χ4n) is 1.61. The maximum absolute atomic E-state index is 13.4. The molecule has 0 saturated carbocycles. The summed E-state index contributed by atoms with van der Waals surface area (Å²) in [4.78, 5) is 0. The molecule has 0 atom stereocenters. The molecule has 0 aliphatic heterocycles. The van der Waals surface area contributed by atoms with Crippen LogP contribution in [0.4, 0.5) is 18.9 Å². The smallest absolute Gasteiger partial charge is 0.196 e. The lowest BCUT2D eigenvalue weighted by Gasteiger charge is -2.07. The van der Waals surface area contributed by atoms with E-state index >= 15 is 0 Å². The molecule has 2 rings (SSSR count). The van der Waals surface area contributed by atoms with Gasteiger partial charge < -0.3 is 5.32 Å². The zero-order valence-corrected chi connectivity index (χ0v) is 10.6. The van der Waals surface area contributed by atoms with Gasteiger partial charge in [-0.1, -0.05) is 0 Å². The van der Waals surface area contributed by atoms with E-state index in [9.17, 15) is 13.2 Å². The lowest BCUT2D eigenvalue weighted by Crippen LogP contribution is -2.06. The Morgan fingerprint density at radius 3 is 2.53 bits per heavy atom. The molecule has 0 radical (unpaired) electrons. The highest BCUT2D eigenvalue weighted by molar-refractivity contribution is 5.45. The van der Waals surface area contributed by atoms with Crippen molar-refractivity contribution >= 4 is 5.69 Å². The SMILES string of the molecule is CC(C)n1ccc(CNc2ccc(F)c(F)c2F)n1. The summed E-state index contributed by atoms with van der Waals surface area (Å²) in [6.07, 6.45) is 1.81. The average Bonchev–Trinajstić information content (AvgIpc) is 2.84. The van der Waals surface area contributed by atoms with Gasteiger partial charge in [0, 0.05) is 12.2 Å². The van der Waals surface area contributed by atoms with E-state index in [-0.39, 0.29) is 18.3 Å². The molecule has 3 nitrogen and oxygen atoms in total. The zero-order valence-electron chi connectivity index (χ0n) is 10.6. The highest BCUT2D eigenvalue weighted by Gasteiger charge is 2.13. The highest BCUT2D eigenvalue weighted by atomic mass is 19.2. The summed E-state index contributed by atoms with van der Waals surface area (Å²) in [6, 6.07) is 4.06. The molecule has 0 aliphatic rings. The lowest BCUT2D eigenvalue weighted by atomic mass is 10.2. The molecule has 0 bridgehead atoms. The van der Waals surface area contributed by atoms with Crippen LogP contribution in [0.1, 0.15) is 25.6 Å². The quantitative estimate of drug-likeness (QED) is 0.861. The Morgan fingerprint density at radius 1 is 1.16 bits per heavy atom. The minimum absolute atomic E-state index is 0.0852. The molecule has 19 heavy (non-hydrogen) atoms. The van der Waals surface area contributed by atoms with Crippen LogP contribution >= 0.6 is 0 Å². The van der Waals surface area contributed by atoms with Crippen molar-refractivity contribution in [2.24, 2.45) is 0 Å². The van der Waals surface area contributed by atoms with Gasteiger partial charge in [0.15, 0.2) is 17.5 Å². The number of rotatable bonds is 4. The first kappa shape index (κ1) is 13.5. The first-order valence-corrected chi connectivity index (χ1v) is 5.90. The van der Waals surface area contributed by atoms with E-state index in [0.717, 1.165) is 12.1 Å². The van der Waals surface area contributed by atoms with Crippen LogP contribution in [0.3, 0.4) is 0 Å². The van der Waals surface area contributed by atoms with Crippen LogP contribution < -0.4 is 5.32 Å². The molecule has 102 valence electrons. The van der Waals surface area contributed by atoms with Gasteiger partial charge in [0.2, 0.25) is 0 Å². The minimum atomic E-state index is -1.47. The maximum Gasteiger partial charge on any atom is 0.196 e. The molecule has 6 heteroatoms. The van der Waals surface area contributed by atoms with Gasteiger partial charge in [-0.2, -0.15) is 5.10 Å². The molecule has 2 aromatic rings. The van der Waals surface area contributed by atoms with Crippen molar-refractivity contribution in [2.75, 3.05) is 5.32 Å². The summed E-state index contributed by atoms with van der Waals surface area (Å²) < 4.78 is 40.9. The Bertz CT molecular complexity index is 579. The summed E-state index contributed by atoms with van der Waals surface area (Å²) >= 11 is 0.